The van der Waals surface area contributed by atoms with Crippen molar-refractivity contribution in [2.45, 2.75) is 39.2 Å². The van der Waals surface area contributed by atoms with Gasteiger partial charge >= 0.3 is 5.97 Å². The third-order valence-electron chi connectivity index (χ3n) is 5.04. The van der Waals surface area contributed by atoms with Gasteiger partial charge in [0, 0.05) is 23.1 Å². The van der Waals surface area contributed by atoms with Gasteiger partial charge in [0.05, 0.1) is 19.1 Å². The first-order chi connectivity index (χ1) is 10.8. The summed E-state index contributed by atoms with van der Waals surface area (Å²) < 4.78 is 4.95. The van der Waals surface area contributed by atoms with Gasteiger partial charge in [0.2, 0.25) is 0 Å². The molecule has 1 atom stereocenters. The number of hydrogen-bond donors (Lipinski definition) is 3. The van der Waals surface area contributed by atoms with Crippen LogP contribution >= 0.6 is 0 Å². The monoisotopic (exact) mass is 316 g/mol. The van der Waals surface area contributed by atoms with E-state index in [1.807, 2.05) is 6.07 Å². The molecule has 3 rings (SSSR count). The first kappa shape index (κ1) is 15.9. The molecular formula is C18H24N2O3. The molecule has 5 heteroatoms. The molecule has 124 valence electrons. The van der Waals surface area contributed by atoms with Gasteiger partial charge in [-0.3, -0.25) is 4.79 Å². The predicted molar refractivity (Wildman–Crippen MR) is 89.4 cm³/mol. The lowest BCUT2D eigenvalue weighted by molar-refractivity contribution is -0.144. The molecule has 0 bridgehead atoms. The summed E-state index contributed by atoms with van der Waals surface area (Å²) in [6, 6.07) is 5.35. The summed E-state index contributed by atoms with van der Waals surface area (Å²) in [5, 5.41) is 14.4. The number of aromatic amines is 1. The Kier molecular flexibility index (Phi) is 3.64. The third-order valence-corrected chi connectivity index (χ3v) is 5.04. The van der Waals surface area contributed by atoms with Crippen molar-refractivity contribution in [1.82, 2.24) is 10.3 Å². The maximum atomic E-state index is 12.1. The maximum Gasteiger partial charge on any atom is 0.307 e. The molecule has 0 aliphatic carbocycles. The topological polar surface area (TPSA) is 74.3 Å². The van der Waals surface area contributed by atoms with Crippen LogP contribution in [-0.4, -0.2) is 29.7 Å². The van der Waals surface area contributed by atoms with Gasteiger partial charge in [-0.25, -0.2) is 0 Å². The summed E-state index contributed by atoms with van der Waals surface area (Å²) >= 11 is 0. The lowest BCUT2D eigenvalue weighted by atomic mass is 9.67. The van der Waals surface area contributed by atoms with Crippen LogP contribution in [0, 0.1) is 5.41 Å². The van der Waals surface area contributed by atoms with E-state index in [1.165, 1.54) is 12.7 Å². The summed E-state index contributed by atoms with van der Waals surface area (Å²) in [6.07, 6.45) is 1.12. The number of aromatic nitrogens is 1. The standard InChI is InChI=1S/C18H24N2O3/c1-17(2,3)18(10-15(22)23-4)16-12(7-8-19-18)13-9-11(21)5-6-14(13)20-16/h5-6,9,19-21H,7-8,10H2,1-4H3. The molecule has 0 spiro atoms. The van der Waals surface area contributed by atoms with Crippen LogP contribution in [0.5, 0.6) is 5.75 Å². The van der Waals surface area contributed by atoms with E-state index in [9.17, 15) is 9.90 Å². The highest BCUT2D eigenvalue weighted by Crippen LogP contribution is 2.47. The van der Waals surface area contributed by atoms with Crippen LogP contribution < -0.4 is 5.32 Å². The maximum absolute atomic E-state index is 12.1. The van der Waals surface area contributed by atoms with Crippen LogP contribution in [0.25, 0.3) is 10.9 Å². The van der Waals surface area contributed by atoms with Crippen LogP contribution in [0.1, 0.15) is 38.4 Å². The van der Waals surface area contributed by atoms with Crippen LogP contribution in [0.2, 0.25) is 0 Å². The summed E-state index contributed by atoms with van der Waals surface area (Å²) in [7, 11) is 1.42. The minimum Gasteiger partial charge on any atom is -0.508 e. The Balaban J connectivity index is 2.25. The van der Waals surface area contributed by atoms with E-state index in [2.05, 4.69) is 31.1 Å². The van der Waals surface area contributed by atoms with E-state index in [0.717, 1.165) is 29.6 Å². The number of aromatic hydroxyl groups is 1. The zero-order valence-electron chi connectivity index (χ0n) is 14.1. The molecule has 2 aromatic rings. The van der Waals surface area contributed by atoms with E-state index in [-0.39, 0.29) is 23.6 Å². The smallest absolute Gasteiger partial charge is 0.307 e. The molecule has 3 N–H and O–H groups in total. The number of esters is 1. The summed E-state index contributed by atoms with van der Waals surface area (Å²) in [4.78, 5) is 15.6. The van der Waals surface area contributed by atoms with E-state index >= 15 is 0 Å². The molecule has 5 nitrogen and oxygen atoms in total. The molecule has 1 aliphatic heterocycles. The van der Waals surface area contributed by atoms with Gasteiger partial charge in [-0.1, -0.05) is 20.8 Å². The minimum absolute atomic E-state index is 0.195. The molecule has 0 radical (unpaired) electrons. The zero-order chi connectivity index (χ0) is 16.8. The number of phenolic OH excluding ortho intramolecular Hbond substituents is 1. The molecule has 0 saturated carbocycles. The van der Waals surface area contributed by atoms with Gasteiger partial charge in [0.25, 0.3) is 0 Å². The minimum atomic E-state index is -0.525. The second kappa shape index (κ2) is 5.27. The zero-order valence-corrected chi connectivity index (χ0v) is 14.1. The summed E-state index contributed by atoms with van der Waals surface area (Å²) in [5.74, 6) is 0.0222. The number of rotatable bonds is 2. The van der Waals surface area contributed by atoms with Crippen LogP contribution in [0.15, 0.2) is 18.2 Å². The van der Waals surface area contributed by atoms with Crippen molar-refractivity contribution in [3.63, 3.8) is 0 Å². The average Bonchev–Trinajstić information content (AvgIpc) is 2.85. The first-order valence-corrected chi connectivity index (χ1v) is 7.94. The molecule has 1 aromatic carbocycles. The number of hydrogen-bond acceptors (Lipinski definition) is 4. The number of carbonyl (C=O) groups excluding carboxylic acids is 1. The lowest BCUT2D eigenvalue weighted by Crippen LogP contribution is -2.56. The Labute approximate surface area is 136 Å². The summed E-state index contributed by atoms with van der Waals surface area (Å²) in [5.41, 5.74) is 2.47. The highest BCUT2D eigenvalue weighted by molar-refractivity contribution is 5.87. The Hall–Kier alpha value is -2.01. The Morgan fingerprint density at radius 2 is 2.13 bits per heavy atom. The quantitative estimate of drug-likeness (QED) is 0.745. The van der Waals surface area contributed by atoms with Crippen molar-refractivity contribution >= 4 is 16.9 Å². The SMILES string of the molecule is COC(=O)CC1(C(C)(C)C)NCCc2c1[nH]c1ccc(O)cc21. The van der Waals surface area contributed by atoms with Crippen molar-refractivity contribution in [3.8, 4) is 5.75 Å². The molecule has 0 saturated heterocycles. The van der Waals surface area contributed by atoms with Gasteiger partial charge in [0.1, 0.15) is 5.75 Å². The van der Waals surface area contributed by atoms with Crippen LogP contribution in [0.3, 0.4) is 0 Å². The molecule has 23 heavy (non-hydrogen) atoms. The fourth-order valence-corrected chi connectivity index (χ4v) is 3.69. The number of phenols is 1. The molecule has 1 aliphatic rings. The van der Waals surface area contributed by atoms with E-state index < -0.39 is 5.54 Å². The van der Waals surface area contributed by atoms with Crippen molar-refractivity contribution in [2.24, 2.45) is 5.41 Å². The highest BCUT2D eigenvalue weighted by atomic mass is 16.5. The van der Waals surface area contributed by atoms with Gasteiger partial charge in [0.15, 0.2) is 0 Å². The predicted octanol–water partition coefficient (Wildman–Crippen LogP) is 2.82. The number of benzene rings is 1. The lowest BCUT2D eigenvalue weighted by Gasteiger charge is -2.47. The summed E-state index contributed by atoms with van der Waals surface area (Å²) in [6.45, 7) is 7.16. The largest absolute Gasteiger partial charge is 0.508 e. The number of H-pyrrole nitrogens is 1. The van der Waals surface area contributed by atoms with Crippen molar-refractivity contribution in [1.29, 1.82) is 0 Å². The first-order valence-electron chi connectivity index (χ1n) is 7.94. The molecular weight excluding hydrogens is 292 g/mol. The van der Waals surface area contributed by atoms with Crippen molar-refractivity contribution < 1.29 is 14.6 Å². The second-order valence-electron chi connectivity index (χ2n) is 7.29. The van der Waals surface area contributed by atoms with Crippen molar-refractivity contribution in [2.75, 3.05) is 13.7 Å². The number of carbonyl (C=O) groups is 1. The van der Waals surface area contributed by atoms with Crippen LogP contribution in [-0.2, 0) is 21.5 Å². The third kappa shape index (κ3) is 2.39. The number of ether oxygens (including phenoxy) is 1. The number of methoxy groups -OCH3 is 1. The number of nitrogens with one attached hydrogen (secondary N) is 2. The molecule has 2 heterocycles. The number of fused-ring (bicyclic) bond motifs is 3. The van der Waals surface area contributed by atoms with Gasteiger partial charge in [-0.05, 0) is 35.6 Å². The van der Waals surface area contributed by atoms with E-state index in [1.54, 1.807) is 12.1 Å². The fourth-order valence-electron chi connectivity index (χ4n) is 3.69. The highest BCUT2D eigenvalue weighted by Gasteiger charge is 2.49. The normalized spacial score (nSPS) is 21.2. The van der Waals surface area contributed by atoms with E-state index in [0.29, 0.717) is 0 Å². The van der Waals surface area contributed by atoms with Gasteiger partial charge in [-0.2, -0.15) is 0 Å². The van der Waals surface area contributed by atoms with Crippen LogP contribution in [0.4, 0.5) is 0 Å². The molecule has 0 fully saturated rings. The molecule has 1 aromatic heterocycles. The average molecular weight is 316 g/mol. The van der Waals surface area contributed by atoms with Crippen molar-refractivity contribution in [3.05, 3.63) is 29.5 Å². The Morgan fingerprint density at radius 3 is 2.78 bits per heavy atom. The fraction of sp³-hybridized carbons (Fsp3) is 0.500. The van der Waals surface area contributed by atoms with Gasteiger partial charge < -0.3 is 20.1 Å². The molecule has 1 unspecified atom stereocenters. The Morgan fingerprint density at radius 1 is 1.39 bits per heavy atom. The van der Waals surface area contributed by atoms with E-state index in [4.69, 9.17) is 4.74 Å². The van der Waals surface area contributed by atoms with Gasteiger partial charge in [-0.15, -0.1) is 0 Å². The molecule has 0 amide bonds. The Bertz CT molecular complexity index is 757. The second-order valence-corrected chi connectivity index (χ2v) is 7.29.